The Morgan fingerprint density at radius 3 is 3.07 bits per heavy atom. The molecule has 0 amide bonds. The molecular formula is C11H12BrNO2. The Balaban J connectivity index is 2.05. The normalized spacial score (nSPS) is 23.4. The van der Waals surface area contributed by atoms with Crippen LogP contribution in [0.25, 0.3) is 0 Å². The van der Waals surface area contributed by atoms with Crippen molar-refractivity contribution < 1.29 is 9.47 Å². The lowest BCUT2D eigenvalue weighted by Crippen LogP contribution is -2.08. The quantitative estimate of drug-likeness (QED) is 0.849. The minimum atomic E-state index is 0.346. The highest BCUT2D eigenvalue weighted by atomic mass is 79.9. The van der Waals surface area contributed by atoms with Gasteiger partial charge in [0.15, 0.2) is 11.5 Å². The Morgan fingerprint density at radius 2 is 2.27 bits per heavy atom. The topological polar surface area (TPSA) is 30.5 Å². The van der Waals surface area contributed by atoms with Crippen molar-refractivity contribution in [2.75, 3.05) is 19.9 Å². The molecule has 0 aliphatic carbocycles. The maximum atomic E-state index is 5.53. The number of benzene rings is 1. The van der Waals surface area contributed by atoms with Crippen LogP contribution in [0, 0.1) is 0 Å². The van der Waals surface area contributed by atoms with E-state index < -0.39 is 0 Å². The molecule has 3 nitrogen and oxygen atoms in total. The second kappa shape index (κ2) is 3.68. The van der Waals surface area contributed by atoms with E-state index in [4.69, 9.17) is 9.47 Å². The summed E-state index contributed by atoms with van der Waals surface area (Å²) < 4.78 is 12.0. The van der Waals surface area contributed by atoms with E-state index in [-0.39, 0.29) is 0 Å². The van der Waals surface area contributed by atoms with Gasteiger partial charge in [0.05, 0.1) is 0 Å². The molecule has 4 heteroatoms. The summed E-state index contributed by atoms with van der Waals surface area (Å²) in [5.41, 5.74) is 1.27. The summed E-state index contributed by atoms with van der Waals surface area (Å²) in [6.45, 7) is 2.47. The molecule has 2 aliphatic heterocycles. The van der Waals surface area contributed by atoms with Gasteiger partial charge in [0.1, 0.15) is 0 Å². The number of hydrogen-bond acceptors (Lipinski definition) is 3. The van der Waals surface area contributed by atoms with Crippen molar-refractivity contribution in [2.24, 2.45) is 0 Å². The number of hydrogen-bond donors (Lipinski definition) is 1. The lowest BCUT2D eigenvalue weighted by atomic mass is 9.97. The second-order valence-corrected chi connectivity index (χ2v) is 4.83. The van der Waals surface area contributed by atoms with Crippen LogP contribution in [0.1, 0.15) is 17.9 Å². The van der Waals surface area contributed by atoms with E-state index in [9.17, 15) is 0 Å². The van der Waals surface area contributed by atoms with Crippen molar-refractivity contribution in [2.45, 2.75) is 12.3 Å². The highest BCUT2D eigenvalue weighted by molar-refractivity contribution is 9.10. The summed E-state index contributed by atoms with van der Waals surface area (Å²) >= 11 is 3.51. The Morgan fingerprint density at radius 1 is 1.33 bits per heavy atom. The summed E-state index contributed by atoms with van der Waals surface area (Å²) in [6, 6.07) is 4.11. The molecule has 0 saturated carbocycles. The number of nitrogens with one attached hydrogen (secondary N) is 1. The summed E-state index contributed by atoms with van der Waals surface area (Å²) in [5.74, 6) is 2.36. The lowest BCUT2D eigenvalue weighted by Gasteiger charge is -2.12. The standard InChI is InChI=1S/C11H12BrNO2/c12-8-3-9(7-1-2-13-5-7)11-10(4-8)14-6-15-11/h3-4,7,13H,1-2,5-6H2. The minimum Gasteiger partial charge on any atom is -0.454 e. The van der Waals surface area contributed by atoms with Crippen LogP contribution in [0.4, 0.5) is 0 Å². The average molecular weight is 270 g/mol. The summed E-state index contributed by atoms with van der Waals surface area (Å²) in [4.78, 5) is 0. The van der Waals surface area contributed by atoms with Crippen molar-refractivity contribution >= 4 is 15.9 Å². The van der Waals surface area contributed by atoms with E-state index in [0.717, 1.165) is 29.1 Å². The van der Waals surface area contributed by atoms with Crippen molar-refractivity contribution in [3.63, 3.8) is 0 Å². The van der Waals surface area contributed by atoms with Crippen LogP contribution in [0.3, 0.4) is 0 Å². The van der Waals surface area contributed by atoms with Gasteiger partial charge in [0.25, 0.3) is 0 Å². The van der Waals surface area contributed by atoms with Gasteiger partial charge in [-0.1, -0.05) is 15.9 Å². The fraction of sp³-hybridized carbons (Fsp3) is 0.455. The molecule has 2 aliphatic rings. The predicted molar refractivity (Wildman–Crippen MR) is 60.5 cm³/mol. The van der Waals surface area contributed by atoms with Gasteiger partial charge in [-0.05, 0) is 25.1 Å². The van der Waals surface area contributed by atoms with E-state index in [1.807, 2.05) is 6.07 Å². The van der Waals surface area contributed by atoms with Crippen molar-refractivity contribution in [1.29, 1.82) is 0 Å². The average Bonchev–Trinajstić information content (AvgIpc) is 2.86. The van der Waals surface area contributed by atoms with Gasteiger partial charge in [-0.3, -0.25) is 0 Å². The van der Waals surface area contributed by atoms with Crippen LogP contribution in [0.15, 0.2) is 16.6 Å². The first kappa shape index (κ1) is 9.48. The van der Waals surface area contributed by atoms with Gasteiger partial charge in [-0.25, -0.2) is 0 Å². The Bertz CT molecular complexity index is 388. The third-order valence-corrected chi connectivity index (χ3v) is 3.42. The van der Waals surface area contributed by atoms with Crippen LogP contribution in [0.5, 0.6) is 11.5 Å². The van der Waals surface area contributed by atoms with E-state index in [0.29, 0.717) is 12.7 Å². The third kappa shape index (κ3) is 1.62. The first-order valence-corrected chi connectivity index (χ1v) is 5.93. The largest absolute Gasteiger partial charge is 0.454 e. The summed E-state index contributed by atoms with van der Waals surface area (Å²) in [7, 11) is 0. The van der Waals surface area contributed by atoms with E-state index in [1.54, 1.807) is 0 Å². The Hall–Kier alpha value is -0.740. The predicted octanol–water partition coefficient (Wildman–Crippen LogP) is 2.25. The molecule has 1 aromatic carbocycles. The van der Waals surface area contributed by atoms with Crippen molar-refractivity contribution in [3.8, 4) is 11.5 Å². The van der Waals surface area contributed by atoms with Crippen LogP contribution >= 0.6 is 15.9 Å². The number of ether oxygens (including phenoxy) is 2. The molecule has 0 spiro atoms. The number of rotatable bonds is 1. The Labute approximate surface area is 96.9 Å². The molecule has 1 fully saturated rings. The molecule has 1 atom stereocenters. The third-order valence-electron chi connectivity index (χ3n) is 2.97. The van der Waals surface area contributed by atoms with Crippen LogP contribution in [-0.4, -0.2) is 19.9 Å². The lowest BCUT2D eigenvalue weighted by molar-refractivity contribution is 0.173. The van der Waals surface area contributed by atoms with E-state index in [2.05, 4.69) is 27.3 Å². The molecule has 2 heterocycles. The first-order valence-electron chi connectivity index (χ1n) is 5.14. The zero-order chi connectivity index (χ0) is 10.3. The molecule has 1 N–H and O–H groups in total. The molecular weight excluding hydrogens is 258 g/mol. The van der Waals surface area contributed by atoms with Gasteiger partial charge in [-0.15, -0.1) is 0 Å². The smallest absolute Gasteiger partial charge is 0.231 e. The molecule has 0 radical (unpaired) electrons. The maximum Gasteiger partial charge on any atom is 0.231 e. The van der Waals surface area contributed by atoms with E-state index >= 15 is 0 Å². The van der Waals surface area contributed by atoms with E-state index in [1.165, 1.54) is 12.0 Å². The van der Waals surface area contributed by atoms with Gasteiger partial charge < -0.3 is 14.8 Å². The minimum absolute atomic E-state index is 0.346. The fourth-order valence-corrected chi connectivity index (χ4v) is 2.68. The van der Waals surface area contributed by atoms with Gasteiger partial charge >= 0.3 is 0 Å². The molecule has 1 unspecified atom stereocenters. The zero-order valence-corrected chi connectivity index (χ0v) is 9.84. The monoisotopic (exact) mass is 269 g/mol. The molecule has 15 heavy (non-hydrogen) atoms. The van der Waals surface area contributed by atoms with Crippen molar-refractivity contribution in [3.05, 3.63) is 22.2 Å². The molecule has 3 rings (SSSR count). The highest BCUT2D eigenvalue weighted by Gasteiger charge is 2.26. The molecule has 0 aromatic heterocycles. The van der Waals surface area contributed by atoms with Gasteiger partial charge in [0, 0.05) is 22.5 Å². The van der Waals surface area contributed by atoms with Crippen LogP contribution < -0.4 is 14.8 Å². The number of fused-ring (bicyclic) bond motifs is 1. The van der Waals surface area contributed by atoms with Crippen LogP contribution in [0.2, 0.25) is 0 Å². The zero-order valence-electron chi connectivity index (χ0n) is 8.25. The van der Waals surface area contributed by atoms with Crippen LogP contribution in [-0.2, 0) is 0 Å². The molecule has 0 bridgehead atoms. The summed E-state index contributed by atoms with van der Waals surface area (Å²) in [6.07, 6.45) is 1.17. The first-order chi connectivity index (χ1) is 7.34. The van der Waals surface area contributed by atoms with Crippen molar-refractivity contribution in [1.82, 2.24) is 5.32 Å². The van der Waals surface area contributed by atoms with Gasteiger partial charge in [0.2, 0.25) is 6.79 Å². The Kier molecular flexibility index (Phi) is 2.33. The summed E-state index contributed by atoms with van der Waals surface area (Å²) in [5, 5.41) is 3.37. The molecule has 1 aromatic rings. The number of halogens is 1. The highest BCUT2D eigenvalue weighted by Crippen LogP contribution is 2.43. The van der Waals surface area contributed by atoms with Gasteiger partial charge in [-0.2, -0.15) is 0 Å². The SMILES string of the molecule is Brc1cc2c(c(C3CCNC3)c1)OCO2. The second-order valence-electron chi connectivity index (χ2n) is 3.92. The fourth-order valence-electron chi connectivity index (χ4n) is 2.23. The molecule has 80 valence electrons. The maximum absolute atomic E-state index is 5.53. The molecule has 1 saturated heterocycles.